The Morgan fingerprint density at radius 3 is 2.80 bits per heavy atom. The van der Waals surface area contributed by atoms with Crippen molar-refractivity contribution in [1.82, 2.24) is 20.1 Å². The van der Waals surface area contributed by atoms with Gasteiger partial charge in [-0.3, -0.25) is 4.79 Å². The van der Waals surface area contributed by atoms with Gasteiger partial charge in [-0.1, -0.05) is 0 Å². The van der Waals surface area contributed by atoms with E-state index < -0.39 is 0 Å². The highest BCUT2D eigenvalue weighted by atomic mass is 32.1. The van der Waals surface area contributed by atoms with Crippen molar-refractivity contribution in [3.05, 3.63) is 11.1 Å². The second-order valence-electron chi connectivity index (χ2n) is 5.46. The summed E-state index contributed by atoms with van der Waals surface area (Å²) in [7, 11) is 4.18. The van der Waals surface area contributed by atoms with Crippen LogP contribution in [0.1, 0.15) is 23.3 Å². The summed E-state index contributed by atoms with van der Waals surface area (Å²) in [4.78, 5) is 20.6. The Hall–Kier alpha value is -1.18. The van der Waals surface area contributed by atoms with Gasteiger partial charge in [0.1, 0.15) is 5.69 Å². The summed E-state index contributed by atoms with van der Waals surface area (Å²) in [6.07, 6.45) is 2.00. The maximum Gasteiger partial charge on any atom is 0.271 e. The number of piperidine rings is 1. The first-order chi connectivity index (χ1) is 9.54. The van der Waals surface area contributed by atoms with E-state index in [4.69, 9.17) is 5.73 Å². The van der Waals surface area contributed by atoms with E-state index in [9.17, 15) is 4.79 Å². The van der Waals surface area contributed by atoms with Gasteiger partial charge in [0.05, 0.1) is 0 Å². The van der Waals surface area contributed by atoms with Gasteiger partial charge in [0, 0.05) is 37.6 Å². The predicted octanol–water partition coefficient (Wildman–Crippen LogP) is 0.481. The summed E-state index contributed by atoms with van der Waals surface area (Å²) in [5, 5.41) is 5.19. The fourth-order valence-electron chi connectivity index (χ4n) is 2.29. The Balaban J connectivity index is 1.73. The largest absolute Gasteiger partial charge is 0.375 e. The summed E-state index contributed by atoms with van der Waals surface area (Å²) < 4.78 is 0. The molecule has 0 atom stereocenters. The number of rotatable bonds is 5. The maximum atomic E-state index is 12.0. The topological polar surface area (TPSA) is 74.5 Å². The van der Waals surface area contributed by atoms with E-state index in [2.05, 4.69) is 34.2 Å². The zero-order chi connectivity index (χ0) is 14.5. The summed E-state index contributed by atoms with van der Waals surface area (Å²) >= 11 is 1.30. The maximum absolute atomic E-state index is 12.0. The van der Waals surface area contributed by atoms with Crippen molar-refractivity contribution in [3.8, 4) is 0 Å². The molecule has 7 heteroatoms. The molecule has 1 aliphatic rings. The molecular weight excluding hydrogens is 274 g/mol. The number of carbonyl (C=O) groups excluding carboxylic acids is 1. The van der Waals surface area contributed by atoms with Gasteiger partial charge in [0.15, 0.2) is 5.13 Å². The second kappa shape index (κ2) is 7.01. The second-order valence-corrected chi connectivity index (χ2v) is 6.35. The molecule has 0 bridgehead atoms. The Labute approximate surface area is 124 Å². The number of hydrogen-bond acceptors (Lipinski definition) is 6. The Kier molecular flexibility index (Phi) is 5.33. The molecule has 0 aliphatic carbocycles. The standard InChI is InChI=1S/C13H23N5OS/c1-17(2)7-8-18-5-3-10(4-6-18)15-12(19)11-9-20-13(14)16-11/h9-10H,3-8H2,1-2H3,(H2,14,16)(H,15,19). The number of aromatic nitrogens is 1. The van der Waals surface area contributed by atoms with E-state index >= 15 is 0 Å². The third-order valence-corrected chi connectivity index (χ3v) is 4.21. The zero-order valence-electron chi connectivity index (χ0n) is 12.1. The van der Waals surface area contributed by atoms with Gasteiger partial charge in [0.2, 0.25) is 0 Å². The zero-order valence-corrected chi connectivity index (χ0v) is 12.9. The van der Waals surface area contributed by atoms with Crippen LogP contribution < -0.4 is 11.1 Å². The average molecular weight is 297 g/mol. The SMILES string of the molecule is CN(C)CCN1CCC(NC(=O)c2csc(N)n2)CC1. The molecule has 0 aromatic carbocycles. The monoisotopic (exact) mass is 297 g/mol. The first-order valence-electron chi connectivity index (χ1n) is 6.93. The highest BCUT2D eigenvalue weighted by molar-refractivity contribution is 7.13. The van der Waals surface area contributed by atoms with Gasteiger partial charge < -0.3 is 20.9 Å². The molecule has 1 fully saturated rings. The van der Waals surface area contributed by atoms with E-state index in [-0.39, 0.29) is 11.9 Å². The van der Waals surface area contributed by atoms with Gasteiger partial charge in [-0.2, -0.15) is 0 Å². The van der Waals surface area contributed by atoms with Gasteiger partial charge in [-0.25, -0.2) is 4.98 Å². The van der Waals surface area contributed by atoms with E-state index in [1.807, 2.05) is 0 Å². The number of thiazole rings is 1. The first-order valence-corrected chi connectivity index (χ1v) is 7.81. The summed E-state index contributed by atoms with van der Waals surface area (Å²) in [5.74, 6) is -0.107. The number of nitrogens with zero attached hydrogens (tertiary/aromatic N) is 3. The minimum atomic E-state index is -0.107. The molecule has 1 aliphatic heterocycles. The number of nitrogens with one attached hydrogen (secondary N) is 1. The van der Waals surface area contributed by atoms with Crippen molar-refractivity contribution in [2.45, 2.75) is 18.9 Å². The van der Waals surface area contributed by atoms with Crippen molar-refractivity contribution in [3.63, 3.8) is 0 Å². The van der Waals surface area contributed by atoms with Gasteiger partial charge in [-0.15, -0.1) is 11.3 Å². The van der Waals surface area contributed by atoms with E-state index in [0.717, 1.165) is 39.0 Å². The van der Waals surface area contributed by atoms with E-state index in [0.29, 0.717) is 10.8 Å². The highest BCUT2D eigenvalue weighted by Gasteiger charge is 2.21. The van der Waals surface area contributed by atoms with Crippen LogP contribution in [-0.2, 0) is 0 Å². The van der Waals surface area contributed by atoms with Crippen LogP contribution in [0.3, 0.4) is 0 Å². The molecule has 6 nitrogen and oxygen atoms in total. The number of nitrogens with two attached hydrogens (primary N) is 1. The molecule has 0 unspecified atom stereocenters. The molecule has 0 spiro atoms. The Morgan fingerprint density at radius 1 is 1.55 bits per heavy atom. The number of amides is 1. The van der Waals surface area contributed by atoms with Crippen LogP contribution in [0, 0.1) is 0 Å². The number of nitrogen functional groups attached to an aromatic ring is 1. The molecule has 112 valence electrons. The predicted molar refractivity (Wildman–Crippen MR) is 82.0 cm³/mol. The summed E-state index contributed by atoms with van der Waals surface area (Å²) in [6, 6.07) is 0.251. The summed E-state index contributed by atoms with van der Waals surface area (Å²) in [6.45, 7) is 4.25. The van der Waals surface area contributed by atoms with Crippen molar-refractivity contribution in [1.29, 1.82) is 0 Å². The van der Waals surface area contributed by atoms with Crippen LogP contribution in [0.2, 0.25) is 0 Å². The van der Waals surface area contributed by atoms with Crippen molar-refractivity contribution < 1.29 is 4.79 Å². The van der Waals surface area contributed by atoms with Crippen LogP contribution in [0.15, 0.2) is 5.38 Å². The molecule has 2 heterocycles. The smallest absolute Gasteiger partial charge is 0.271 e. The number of carbonyl (C=O) groups is 1. The average Bonchev–Trinajstić information content (AvgIpc) is 2.85. The van der Waals surface area contributed by atoms with Gasteiger partial charge >= 0.3 is 0 Å². The fraction of sp³-hybridized carbons (Fsp3) is 0.692. The normalized spacial score (nSPS) is 17.6. The van der Waals surface area contributed by atoms with Crippen LogP contribution in [0.25, 0.3) is 0 Å². The third kappa shape index (κ3) is 4.43. The molecule has 1 saturated heterocycles. The van der Waals surface area contributed by atoms with E-state index in [1.54, 1.807) is 5.38 Å². The molecule has 0 saturated carbocycles. The lowest BCUT2D eigenvalue weighted by Gasteiger charge is -2.32. The fourth-order valence-corrected chi connectivity index (χ4v) is 2.84. The minimum Gasteiger partial charge on any atom is -0.375 e. The molecule has 2 rings (SSSR count). The molecule has 0 radical (unpaired) electrons. The van der Waals surface area contributed by atoms with Gasteiger partial charge in [-0.05, 0) is 26.9 Å². The number of likely N-dealkylation sites (N-methyl/N-ethyl adjacent to an activating group) is 1. The first kappa shape index (κ1) is 15.2. The van der Waals surface area contributed by atoms with Crippen LogP contribution in [0.5, 0.6) is 0 Å². The molecule has 20 heavy (non-hydrogen) atoms. The van der Waals surface area contributed by atoms with Crippen molar-refractivity contribution in [2.24, 2.45) is 0 Å². The Bertz CT molecular complexity index is 440. The lowest BCUT2D eigenvalue weighted by atomic mass is 10.0. The number of anilines is 1. The molecule has 1 amide bonds. The molecular formula is C13H23N5OS. The lowest BCUT2D eigenvalue weighted by Crippen LogP contribution is -2.46. The Morgan fingerprint density at radius 2 is 2.25 bits per heavy atom. The van der Waals surface area contributed by atoms with Crippen LogP contribution >= 0.6 is 11.3 Å². The number of hydrogen-bond donors (Lipinski definition) is 2. The highest BCUT2D eigenvalue weighted by Crippen LogP contribution is 2.13. The minimum absolute atomic E-state index is 0.107. The molecule has 1 aromatic rings. The molecule has 3 N–H and O–H groups in total. The summed E-state index contributed by atoms with van der Waals surface area (Å²) in [5.41, 5.74) is 5.98. The van der Waals surface area contributed by atoms with Crippen molar-refractivity contribution in [2.75, 3.05) is 46.0 Å². The quantitative estimate of drug-likeness (QED) is 0.827. The third-order valence-electron chi connectivity index (χ3n) is 3.54. The van der Waals surface area contributed by atoms with Crippen molar-refractivity contribution >= 4 is 22.4 Å². The van der Waals surface area contributed by atoms with Crippen LogP contribution in [-0.4, -0.2) is 67.0 Å². The van der Waals surface area contributed by atoms with E-state index in [1.165, 1.54) is 11.3 Å². The lowest BCUT2D eigenvalue weighted by molar-refractivity contribution is 0.0905. The van der Waals surface area contributed by atoms with Gasteiger partial charge in [0.25, 0.3) is 5.91 Å². The van der Waals surface area contributed by atoms with Crippen LogP contribution in [0.4, 0.5) is 5.13 Å². The molecule has 1 aromatic heterocycles. The number of likely N-dealkylation sites (tertiary alicyclic amines) is 1.